The van der Waals surface area contributed by atoms with E-state index in [0.29, 0.717) is 0 Å². The van der Waals surface area contributed by atoms with Crippen molar-refractivity contribution in [3.8, 4) is 0 Å². The molecule has 1 saturated heterocycles. The van der Waals surface area contributed by atoms with Crippen LogP contribution < -0.4 is 4.90 Å². The van der Waals surface area contributed by atoms with Gasteiger partial charge in [0, 0.05) is 19.0 Å². The van der Waals surface area contributed by atoms with Crippen LogP contribution >= 0.6 is 11.6 Å². The Hall–Kier alpha value is -1.16. The van der Waals surface area contributed by atoms with E-state index in [-0.39, 0.29) is 29.9 Å². The molecule has 1 fully saturated rings. The molecule has 1 heterocycles. The van der Waals surface area contributed by atoms with E-state index in [2.05, 4.69) is 0 Å². The normalized spacial score (nSPS) is 21.1. The molecule has 2 rings (SSSR count). The Morgan fingerprint density at radius 1 is 1.40 bits per heavy atom. The summed E-state index contributed by atoms with van der Waals surface area (Å²) < 4.78 is 26.2. The second kappa shape index (κ2) is 3.77. The first-order valence-corrected chi connectivity index (χ1v) is 4.91. The van der Waals surface area contributed by atoms with Gasteiger partial charge >= 0.3 is 0 Å². The number of hydrogen-bond acceptors (Lipinski definition) is 1. The zero-order valence-corrected chi connectivity index (χ0v) is 8.47. The fourth-order valence-electron chi connectivity index (χ4n) is 1.59. The van der Waals surface area contributed by atoms with Crippen LogP contribution in [0, 0.1) is 11.6 Å². The number of benzene rings is 1. The Labute approximate surface area is 90.4 Å². The first kappa shape index (κ1) is 10.4. The van der Waals surface area contributed by atoms with Crippen LogP contribution in [0.5, 0.6) is 0 Å². The van der Waals surface area contributed by atoms with E-state index >= 15 is 0 Å². The Morgan fingerprint density at radius 3 is 2.73 bits per heavy atom. The number of nitrogens with zero attached hydrogens (tertiary/aromatic N) is 1. The highest BCUT2D eigenvalue weighted by Crippen LogP contribution is 2.27. The van der Waals surface area contributed by atoms with Crippen LogP contribution in [-0.4, -0.2) is 17.8 Å². The molecule has 0 bridgehead atoms. The van der Waals surface area contributed by atoms with Crippen molar-refractivity contribution in [2.24, 2.45) is 0 Å². The van der Waals surface area contributed by atoms with Crippen molar-refractivity contribution in [3.63, 3.8) is 0 Å². The predicted molar refractivity (Wildman–Crippen MR) is 53.0 cm³/mol. The lowest BCUT2D eigenvalue weighted by Crippen LogP contribution is -2.25. The molecular formula is C10H8ClF2NO. The number of alkyl halides is 1. The summed E-state index contributed by atoms with van der Waals surface area (Å²) in [7, 11) is 0. The van der Waals surface area contributed by atoms with Gasteiger partial charge in [-0.3, -0.25) is 4.79 Å². The third-order valence-electron chi connectivity index (χ3n) is 2.28. The highest BCUT2D eigenvalue weighted by atomic mass is 35.5. The average Bonchev–Trinajstić information content (AvgIpc) is 2.50. The SMILES string of the molecule is O=C1CC(Cl)CN1c1cc(F)ccc1F. The van der Waals surface area contributed by atoms with Crippen LogP contribution in [0.2, 0.25) is 0 Å². The maximum Gasteiger partial charge on any atom is 0.228 e. The van der Waals surface area contributed by atoms with E-state index in [1.807, 2.05) is 0 Å². The summed E-state index contributed by atoms with van der Waals surface area (Å²) in [5.74, 6) is -1.47. The number of carbonyl (C=O) groups excluding carboxylic acids is 1. The second-order valence-electron chi connectivity index (χ2n) is 3.40. The fraction of sp³-hybridized carbons (Fsp3) is 0.300. The molecule has 1 aromatic carbocycles. The lowest BCUT2D eigenvalue weighted by molar-refractivity contribution is -0.117. The molecule has 0 aliphatic carbocycles. The first-order valence-electron chi connectivity index (χ1n) is 4.47. The summed E-state index contributed by atoms with van der Waals surface area (Å²) in [4.78, 5) is 12.6. The lowest BCUT2D eigenvalue weighted by atomic mass is 10.2. The predicted octanol–water partition coefficient (Wildman–Crippen LogP) is 2.31. The lowest BCUT2D eigenvalue weighted by Gasteiger charge is -2.16. The van der Waals surface area contributed by atoms with E-state index in [0.717, 1.165) is 18.2 Å². The van der Waals surface area contributed by atoms with Gasteiger partial charge in [-0.2, -0.15) is 0 Å². The maximum absolute atomic E-state index is 13.3. The van der Waals surface area contributed by atoms with Crippen LogP contribution in [0.15, 0.2) is 18.2 Å². The molecule has 1 unspecified atom stereocenters. The summed E-state index contributed by atoms with van der Waals surface area (Å²) in [6, 6.07) is 3.01. The Bertz CT molecular complexity index is 410. The van der Waals surface area contributed by atoms with Gasteiger partial charge in [0.25, 0.3) is 0 Å². The van der Waals surface area contributed by atoms with Crippen molar-refractivity contribution >= 4 is 23.2 Å². The van der Waals surface area contributed by atoms with Gasteiger partial charge < -0.3 is 4.90 Å². The molecule has 15 heavy (non-hydrogen) atoms. The molecule has 80 valence electrons. The van der Waals surface area contributed by atoms with Crippen LogP contribution in [0.25, 0.3) is 0 Å². The van der Waals surface area contributed by atoms with Crippen LogP contribution in [0.1, 0.15) is 6.42 Å². The maximum atomic E-state index is 13.3. The van der Waals surface area contributed by atoms with E-state index < -0.39 is 11.6 Å². The van der Waals surface area contributed by atoms with E-state index in [1.165, 1.54) is 4.90 Å². The van der Waals surface area contributed by atoms with Gasteiger partial charge in [0.2, 0.25) is 5.91 Å². The quantitative estimate of drug-likeness (QED) is 0.680. The second-order valence-corrected chi connectivity index (χ2v) is 4.02. The van der Waals surface area contributed by atoms with Crippen LogP contribution in [0.4, 0.5) is 14.5 Å². The first-order chi connectivity index (χ1) is 7.08. The molecule has 0 aromatic heterocycles. The summed E-state index contributed by atoms with van der Waals surface area (Å²) >= 11 is 5.77. The zero-order chi connectivity index (χ0) is 11.0. The van der Waals surface area contributed by atoms with Gasteiger partial charge in [0.15, 0.2) is 0 Å². The van der Waals surface area contributed by atoms with E-state index in [9.17, 15) is 13.6 Å². The average molecular weight is 232 g/mol. The number of anilines is 1. The van der Waals surface area contributed by atoms with E-state index in [1.54, 1.807) is 0 Å². The van der Waals surface area contributed by atoms with Crippen molar-refractivity contribution in [2.45, 2.75) is 11.8 Å². The van der Waals surface area contributed by atoms with Crippen molar-refractivity contribution in [3.05, 3.63) is 29.8 Å². The summed E-state index contributed by atoms with van der Waals surface area (Å²) in [5, 5.41) is -0.333. The Balaban J connectivity index is 2.37. The van der Waals surface area contributed by atoms with Gasteiger partial charge in [-0.05, 0) is 12.1 Å². The molecule has 0 spiro atoms. The number of amides is 1. The highest BCUT2D eigenvalue weighted by Gasteiger charge is 2.30. The Kier molecular flexibility index (Phi) is 2.61. The summed E-state index contributed by atoms with van der Waals surface area (Å²) in [6.07, 6.45) is 0.164. The molecule has 5 heteroatoms. The van der Waals surface area contributed by atoms with Crippen LogP contribution in [-0.2, 0) is 4.79 Å². The molecule has 0 N–H and O–H groups in total. The van der Waals surface area contributed by atoms with Gasteiger partial charge in [0.05, 0.1) is 11.1 Å². The minimum atomic E-state index is -0.615. The van der Waals surface area contributed by atoms with Gasteiger partial charge in [-0.25, -0.2) is 8.78 Å². The molecule has 1 aromatic rings. The van der Waals surface area contributed by atoms with Gasteiger partial charge in [0.1, 0.15) is 11.6 Å². The van der Waals surface area contributed by atoms with Crippen molar-refractivity contribution in [2.75, 3.05) is 11.4 Å². The van der Waals surface area contributed by atoms with Gasteiger partial charge in [-0.1, -0.05) is 0 Å². The number of halogens is 3. The molecule has 2 nitrogen and oxygen atoms in total. The smallest absolute Gasteiger partial charge is 0.228 e. The fourth-order valence-corrected chi connectivity index (χ4v) is 1.86. The van der Waals surface area contributed by atoms with E-state index in [4.69, 9.17) is 11.6 Å². The minimum Gasteiger partial charge on any atom is -0.308 e. The standard InChI is InChI=1S/C10H8ClF2NO/c11-6-3-10(15)14(5-6)9-4-7(12)1-2-8(9)13/h1-2,4,6H,3,5H2. The molecule has 1 atom stereocenters. The third kappa shape index (κ3) is 1.95. The topological polar surface area (TPSA) is 20.3 Å². The highest BCUT2D eigenvalue weighted by molar-refractivity contribution is 6.24. The number of hydrogen-bond donors (Lipinski definition) is 0. The number of carbonyl (C=O) groups is 1. The number of rotatable bonds is 1. The zero-order valence-electron chi connectivity index (χ0n) is 7.71. The summed E-state index contributed by atoms with van der Waals surface area (Å²) in [5.41, 5.74) is -0.0387. The third-order valence-corrected chi connectivity index (χ3v) is 2.57. The monoisotopic (exact) mass is 231 g/mol. The molecule has 1 amide bonds. The molecule has 1 aliphatic heterocycles. The minimum absolute atomic E-state index is 0.0387. The Morgan fingerprint density at radius 2 is 2.13 bits per heavy atom. The molecule has 1 aliphatic rings. The van der Waals surface area contributed by atoms with Crippen molar-refractivity contribution in [1.29, 1.82) is 0 Å². The molecule has 0 radical (unpaired) electrons. The van der Waals surface area contributed by atoms with Crippen molar-refractivity contribution < 1.29 is 13.6 Å². The molecular weight excluding hydrogens is 224 g/mol. The molecule has 0 saturated carbocycles. The largest absolute Gasteiger partial charge is 0.308 e. The van der Waals surface area contributed by atoms with Gasteiger partial charge in [-0.15, -0.1) is 11.6 Å². The van der Waals surface area contributed by atoms with Crippen molar-refractivity contribution in [1.82, 2.24) is 0 Å². The van der Waals surface area contributed by atoms with Crippen LogP contribution in [0.3, 0.4) is 0 Å². The summed E-state index contributed by atoms with van der Waals surface area (Å²) in [6.45, 7) is 0.223.